The lowest BCUT2D eigenvalue weighted by Gasteiger charge is -2.34. The van der Waals surface area contributed by atoms with Crippen molar-refractivity contribution in [2.75, 3.05) is 39.9 Å². The second-order valence-corrected chi connectivity index (χ2v) is 6.37. The van der Waals surface area contributed by atoms with Crippen molar-refractivity contribution in [2.45, 2.75) is 33.1 Å². The van der Waals surface area contributed by atoms with Crippen molar-refractivity contribution in [3.63, 3.8) is 0 Å². The van der Waals surface area contributed by atoms with Crippen LogP contribution in [0.25, 0.3) is 0 Å². The fraction of sp³-hybridized carbons (Fsp3) is 0.600. The smallest absolute Gasteiger partial charge is 0.310 e. The van der Waals surface area contributed by atoms with Gasteiger partial charge < -0.3 is 19.7 Å². The molecule has 0 amide bonds. The average Bonchev–Trinajstić information content (AvgIpc) is 2.68. The van der Waals surface area contributed by atoms with E-state index in [1.54, 1.807) is 7.11 Å². The molecule has 1 aromatic carbocycles. The van der Waals surface area contributed by atoms with Crippen molar-refractivity contribution < 1.29 is 14.3 Å². The van der Waals surface area contributed by atoms with Gasteiger partial charge in [0, 0.05) is 26.2 Å². The van der Waals surface area contributed by atoms with Gasteiger partial charge in [0.05, 0.1) is 19.6 Å². The summed E-state index contributed by atoms with van der Waals surface area (Å²) in [6.07, 6.45) is 2.71. The van der Waals surface area contributed by atoms with Crippen LogP contribution in [0, 0.1) is 5.92 Å². The van der Waals surface area contributed by atoms with Gasteiger partial charge >= 0.3 is 5.97 Å². The highest BCUT2D eigenvalue weighted by Gasteiger charge is 2.28. The molecular formula is C20H31N3O3. The van der Waals surface area contributed by atoms with Crippen LogP contribution < -0.4 is 10.1 Å². The molecule has 1 aromatic rings. The van der Waals surface area contributed by atoms with E-state index in [4.69, 9.17) is 14.5 Å². The molecule has 1 heterocycles. The lowest BCUT2D eigenvalue weighted by atomic mass is 9.98. The Morgan fingerprint density at radius 3 is 2.96 bits per heavy atom. The number of hydrogen-bond donors (Lipinski definition) is 1. The largest absolute Gasteiger partial charge is 0.497 e. The van der Waals surface area contributed by atoms with Crippen LogP contribution in [0.3, 0.4) is 0 Å². The summed E-state index contributed by atoms with van der Waals surface area (Å²) in [6, 6.07) is 8.07. The summed E-state index contributed by atoms with van der Waals surface area (Å²) >= 11 is 0. The summed E-state index contributed by atoms with van der Waals surface area (Å²) in [5, 5.41) is 3.35. The normalized spacial score (nSPS) is 17.7. The predicted octanol–water partition coefficient (Wildman–Crippen LogP) is 2.48. The maximum absolute atomic E-state index is 12.1. The van der Waals surface area contributed by atoms with Crippen molar-refractivity contribution in [3.8, 4) is 5.75 Å². The number of benzene rings is 1. The highest BCUT2D eigenvalue weighted by molar-refractivity contribution is 5.81. The number of rotatable bonds is 7. The first-order chi connectivity index (χ1) is 12.7. The fourth-order valence-corrected chi connectivity index (χ4v) is 3.17. The van der Waals surface area contributed by atoms with Crippen LogP contribution >= 0.6 is 0 Å². The Morgan fingerprint density at radius 2 is 2.23 bits per heavy atom. The number of ether oxygens (including phenoxy) is 2. The number of nitrogens with one attached hydrogen (secondary N) is 1. The number of piperidine rings is 1. The molecule has 0 spiro atoms. The SMILES string of the molecule is CCNC(=NCCc1cccc(OC)c1)N1CCCC(C(=O)OCC)C1. The van der Waals surface area contributed by atoms with Gasteiger partial charge in [-0.15, -0.1) is 0 Å². The summed E-state index contributed by atoms with van der Waals surface area (Å²) in [6.45, 7) is 7.43. The zero-order chi connectivity index (χ0) is 18.8. The van der Waals surface area contributed by atoms with Crippen LogP contribution in [0.4, 0.5) is 0 Å². The second-order valence-electron chi connectivity index (χ2n) is 6.37. The summed E-state index contributed by atoms with van der Waals surface area (Å²) in [4.78, 5) is 19.0. The lowest BCUT2D eigenvalue weighted by molar-refractivity contribution is -0.149. The van der Waals surface area contributed by atoms with E-state index < -0.39 is 0 Å². The van der Waals surface area contributed by atoms with Gasteiger partial charge in [-0.1, -0.05) is 12.1 Å². The third kappa shape index (κ3) is 5.93. The maximum atomic E-state index is 12.1. The molecule has 6 nitrogen and oxygen atoms in total. The van der Waals surface area contributed by atoms with Gasteiger partial charge in [-0.3, -0.25) is 9.79 Å². The minimum absolute atomic E-state index is 0.0639. The summed E-state index contributed by atoms with van der Waals surface area (Å²) in [7, 11) is 1.68. The van der Waals surface area contributed by atoms with Crippen molar-refractivity contribution in [1.82, 2.24) is 10.2 Å². The molecule has 0 radical (unpaired) electrons. The number of esters is 1. The van der Waals surface area contributed by atoms with Crippen LogP contribution in [0.15, 0.2) is 29.3 Å². The van der Waals surface area contributed by atoms with E-state index in [9.17, 15) is 4.79 Å². The van der Waals surface area contributed by atoms with Crippen molar-refractivity contribution in [1.29, 1.82) is 0 Å². The Kier molecular flexibility index (Phi) is 8.25. The number of carbonyl (C=O) groups excluding carboxylic acids is 1. The van der Waals surface area contributed by atoms with Crippen LogP contribution in [-0.4, -0.2) is 56.7 Å². The predicted molar refractivity (Wildman–Crippen MR) is 104 cm³/mol. The first-order valence-electron chi connectivity index (χ1n) is 9.50. The molecule has 1 aliphatic rings. The van der Waals surface area contributed by atoms with Crippen LogP contribution in [0.1, 0.15) is 32.3 Å². The number of carbonyl (C=O) groups is 1. The van der Waals surface area contributed by atoms with Gasteiger partial charge in [-0.25, -0.2) is 0 Å². The molecule has 1 fully saturated rings. The molecule has 1 atom stereocenters. The molecule has 2 rings (SSSR count). The van der Waals surface area contributed by atoms with E-state index in [2.05, 4.69) is 23.2 Å². The number of methoxy groups -OCH3 is 1. The standard InChI is InChI=1S/C20H31N3O3/c1-4-21-20(22-12-11-16-8-6-10-18(14-16)25-3)23-13-7-9-17(15-23)19(24)26-5-2/h6,8,10,14,17H,4-5,7,9,11-13,15H2,1-3H3,(H,21,22). The van der Waals surface area contributed by atoms with E-state index in [1.807, 2.05) is 25.1 Å². The first kappa shape index (κ1) is 20.1. The Morgan fingerprint density at radius 1 is 1.38 bits per heavy atom. The van der Waals surface area contributed by atoms with Crippen LogP contribution in [0.2, 0.25) is 0 Å². The topological polar surface area (TPSA) is 63.2 Å². The number of nitrogens with zero attached hydrogens (tertiary/aromatic N) is 2. The zero-order valence-corrected chi connectivity index (χ0v) is 16.2. The Labute approximate surface area is 156 Å². The number of aliphatic imine (C=N–C) groups is 1. The van der Waals surface area contributed by atoms with E-state index in [-0.39, 0.29) is 11.9 Å². The van der Waals surface area contributed by atoms with E-state index in [1.165, 1.54) is 5.56 Å². The van der Waals surface area contributed by atoms with Crippen LogP contribution in [0.5, 0.6) is 5.75 Å². The molecule has 144 valence electrons. The molecule has 0 aliphatic carbocycles. The van der Waals surface area contributed by atoms with E-state index >= 15 is 0 Å². The fourth-order valence-electron chi connectivity index (χ4n) is 3.17. The van der Waals surface area contributed by atoms with Crippen molar-refractivity contribution >= 4 is 11.9 Å². The molecule has 0 aromatic heterocycles. The molecule has 1 saturated heterocycles. The van der Waals surface area contributed by atoms with Crippen LogP contribution in [-0.2, 0) is 16.0 Å². The van der Waals surface area contributed by atoms with Gasteiger partial charge in [0.2, 0.25) is 0 Å². The molecule has 1 unspecified atom stereocenters. The van der Waals surface area contributed by atoms with E-state index in [0.29, 0.717) is 19.7 Å². The molecule has 1 aliphatic heterocycles. The zero-order valence-electron chi connectivity index (χ0n) is 16.2. The highest BCUT2D eigenvalue weighted by atomic mass is 16.5. The highest BCUT2D eigenvalue weighted by Crippen LogP contribution is 2.18. The third-order valence-corrected chi connectivity index (χ3v) is 4.47. The number of guanidine groups is 1. The monoisotopic (exact) mass is 361 g/mol. The van der Waals surface area contributed by atoms with E-state index in [0.717, 1.165) is 44.1 Å². The average molecular weight is 361 g/mol. The molecular weight excluding hydrogens is 330 g/mol. The molecule has 26 heavy (non-hydrogen) atoms. The van der Waals surface area contributed by atoms with Gasteiger partial charge in [-0.05, 0) is 50.8 Å². The third-order valence-electron chi connectivity index (χ3n) is 4.47. The molecule has 0 bridgehead atoms. The minimum Gasteiger partial charge on any atom is -0.497 e. The Hall–Kier alpha value is -2.24. The minimum atomic E-state index is -0.0931. The molecule has 0 saturated carbocycles. The van der Waals surface area contributed by atoms with Gasteiger partial charge in [0.15, 0.2) is 5.96 Å². The number of hydrogen-bond acceptors (Lipinski definition) is 4. The molecule has 1 N–H and O–H groups in total. The summed E-state index contributed by atoms with van der Waals surface area (Å²) in [5.41, 5.74) is 1.20. The van der Waals surface area contributed by atoms with Crippen molar-refractivity contribution in [2.24, 2.45) is 10.9 Å². The van der Waals surface area contributed by atoms with Gasteiger partial charge in [0.1, 0.15) is 5.75 Å². The Bertz CT molecular complexity index is 604. The van der Waals surface area contributed by atoms with Crippen molar-refractivity contribution in [3.05, 3.63) is 29.8 Å². The first-order valence-corrected chi connectivity index (χ1v) is 9.50. The second kappa shape index (κ2) is 10.7. The molecule has 6 heteroatoms. The lowest BCUT2D eigenvalue weighted by Crippen LogP contribution is -2.48. The quantitative estimate of drug-likeness (QED) is 0.459. The summed E-state index contributed by atoms with van der Waals surface area (Å²) in [5.74, 6) is 1.59. The Balaban J connectivity index is 1.97. The summed E-state index contributed by atoms with van der Waals surface area (Å²) < 4.78 is 10.5. The van der Waals surface area contributed by atoms with Gasteiger partial charge in [0.25, 0.3) is 0 Å². The van der Waals surface area contributed by atoms with Gasteiger partial charge in [-0.2, -0.15) is 0 Å². The number of likely N-dealkylation sites (tertiary alicyclic amines) is 1. The maximum Gasteiger partial charge on any atom is 0.310 e.